The molecule has 102 valence electrons. The second kappa shape index (κ2) is 4.72. The van der Waals surface area contributed by atoms with Crippen molar-refractivity contribution in [2.24, 2.45) is 0 Å². The standard InChI is InChI=1S/C15H13ClN2O2/c1-2-18-14-11(16)4-3-5-12(14)17-15(18)10-8-9(19)6-7-13(10)20/h3-8,19-20H,2H2,1H3. The van der Waals surface area contributed by atoms with E-state index in [-0.39, 0.29) is 11.5 Å². The molecule has 0 aliphatic rings. The Morgan fingerprint density at radius 1 is 1.20 bits per heavy atom. The summed E-state index contributed by atoms with van der Waals surface area (Å²) in [6.45, 7) is 2.64. The van der Waals surface area contributed by atoms with E-state index in [0.29, 0.717) is 23.0 Å². The van der Waals surface area contributed by atoms with Gasteiger partial charge in [0.25, 0.3) is 0 Å². The van der Waals surface area contributed by atoms with E-state index in [1.165, 1.54) is 18.2 Å². The zero-order chi connectivity index (χ0) is 14.3. The van der Waals surface area contributed by atoms with Gasteiger partial charge in [0.15, 0.2) is 0 Å². The van der Waals surface area contributed by atoms with Crippen LogP contribution in [0, 0.1) is 0 Å². The SMILES string of the molecule is CCn1c(-c2cc(O)ccc2O)nc2cccc(Cl)c21. The summed E-state index contributed by atoms with van der Waals surface area (Å²) in [5.74, 6) is 0.742. The van der Waals surface area contributed by atoms with Crippen molar-refractivity contribution in [1.29, 1.82) is 0 Å². The molecule has 3 aromatic rings. The van der Waals surface area contributed by atoms with Crippen LogP contribution in [0.5, 0.6) is 11.5 Å². The van der Waals surface area contributed by atoms with Crippen LogP contribution in [0.3, 0.4) is 0 Å². The van der Waals surface area contributed by atoms with Gasteiger partial charge in [-0.3, -0.25) is 0 Å². The molecule has 0 bridgehead atoms. The lowest BCUT2D eigenvalue weighted by Gasteiger charge is -2.08. The Morgan fingerprint density at radius 3 is 2.75 bits per heavy atom. The maximum atomic E-state index is 10.0. The second-order valence-electron chi connectivity index (χ2n) is 4.49. The van der Waals surface area contributed by atoms with E-state index in [2.05, 4.69) is 4.98 Å². The molecule has 20 heavy (non-hydrogen) atoms. The molecule has 0 unspecified atom stereocenters. The maximum Gasteiger partial charge on any atom is 0.145 e. The van der Waals surface area contributed by atoms with E-state index in [1.54, 1.807) is 0 Å². The molecule has 1 heterocycles. The highest BCUT2D eigenvalue weighted by Gasteiger charge is 2.16. The third-order valence-electron chi connectivity index (χ3n) is 3.25. The number of phenols is 2. The van der Waals surface area contributed by atoms with Crippen LogP contribution < -0.4 is 0 Å². The maximum absolute atomic E-state index is 10.0. The summed E-state index contributed by atoms with van der Waals surface area (Å²) in [6.07, 6.45) is 0. The highest BCUT2D eigenvalue weighted by Crippen LogP contribution is 2.35. The molecule has 0 spiro atoms. The zero-order valence-electron chi connectivity index (χ0n) is 10.8. The van der Waals surface area contributed by atoms with Gasteiger partial charge in [-0.05, 0) is 37.3 Å². The number of fused-ring (bicyclic) bond motifs is 1. The van der Waals surface area contributed by atoms with Crippen molar-refractivity contribution in [3.63, 3.8) is 0 Å². The van der Waals surface area contributed by atoms with Gasteiger partial charge in [0.1, 0.15) is 17.3 Å². The molecule has 1 aromatic heterocycles. The Labute approximate surface area is 120 Å². The van der Waals surface area contributed by atoms with Gasteiger partial charge >= 0.3 is 0 Å². The highest BCUT2D eigenvalue weighted by molar-refractivity contribution is 6.35. The van der Waals surface area contributed by atoms with Crippen molar-refractivity contribution < 1.29 is 10.2 Å². The van der Waals surface area contributed by atoms with Crippen LogP contribution in [0.4, 0.5) is 0 Å². The van der Waals surface area contributed by atoms with E-state index in [0.717, 1.165) is 11.0 Å². The lowest BCUT2D eigenvalue weighted by Crippen LogP contribution is -1.98. The Bertz CT molecular complexity index is 796. The number of phenolic OH excluding ortho intramolecular Hbond substituents is 2. The molecular formula is C15H13ClN2O2. The monoisotopic (exact) mass is 288 g/mol. The van der Waals surface area contributed by atoms with Crippen molar-refractivity contribution in [1.82, 2.24) is 9.55 Å². The average molecular weight is 289 g/mol. The smallest absolute Gasteiger partial charge is 0.145 e. The van der Waals surface area contributed by atoms with Crippen LogP contribution in [0.25, 0.3) is 22.4 Å². The number of imidazole rings is 1. The first-order valence-corrected chi connectivity index (χ1v) is 6.66. The largest absolute Gasteiger partial charge is 0.508 e. The van der Waals surface area contributed by atoms with Gasteiger partial charge in [0.2, 0.25) is 0 Å². The van der Waals surface area contributed by atoms with Gasteiger partial charge in [-0.15, -0.1) is 0 Å². The summed E-state index contributed by atoms with van der Waals surface area (Å²) in [4.78, 5) is 4.52. The lowest BCUT2D eigenvalue weighted by molar-refractivity contribution is 0.461. The second-order valence-corrected chi connectivity index (χ2v) is 4.90. The predicted octanol–water partition coefficient (Wildman–Crippen LogP) is 3.79. The Kier molecular flexibility index (Phi) is 3.03. The van der Waals surface area contributed by atoms with Crippen molar-refractivity contribution in [3.8, 4) is 22.9 Å². The van der Waals surface area contributed by atoms with Gasteiger partial charge in [0, 0.05) is 6.54 Å². The molecular weight excluding hydrogens is 276 g/mol. The van der Waals surface area contributed by atoms with Crippen LogP contribution in [-0.4, -0.2) is 19.8 Å². The van der Waals surface area contributed by atoms with Crippen LogP contribution in [0.2, 0.25) is 5.02 Å². The summed E-state index contributed by atoms with van der Waals surface area (Å²) >= 11 is 6.24. The molecule has 0 radical (unpaired) electrons. The van der Waals surface area contributed by atoms with Crippen LogP contribution in [-0.2, 0) is 6.54 Å². The minimum Gasteiger partial charge on any atom is -0.508 e. The normalized spacial score (nSPS) is 11.1. The minimum absolute atomic E-state index is 0.0731. The number of hydrogen-bond donors (Lipinski definition) is 2. The number of hydrogen-bond acceptors (Lipinski definition) is 3. The Balaban J connectivity index is 2.36. The van der Waals surface area contributed by atoms with Gasteiger partial charge in [0.05, 0.1) is 21.6 Å². The number of halogens is 1. The number of aromatic hydroxyl groups is 2. The first-order chi connectivity index (χ1) is 9.61. The molecule has 4 nitrogen and oxygen atoms in total. The van der Waals surface area contributed by atoms with Crippen LogP contribution in [0.15, 0.2) is 36.4 Å². The average Bonchev–Trinajstić information content (AvgIpc) is 2.81. The van der Waals surface area contributed by atoms with Gasteiger partial charge < -0.3 is 14.8 Å². The van der Waals surface area contributed by atoms with E-state index in [4.69, 9.17) is 11.6 Å². The van der Waals surface area contributed by atoms with Crippen molar-refractivity contribution in [3.05, 3.63) is 41.4 Å². The fraction of sp³-hybridized carbons (Fsp3) is 0.133. The highest BCUT2D eigenvalue weighted by atomic mass is 35.5. The first kappa shape index (κ1) is 12.8. The predicted molar refractivity (Wildman–Crippen MR) is 79.2 cm³/mol. The molecule has 0 atom stereocenters. The number of rotatable bonds is 2. The Hall–Kier alpha value is -2.20. The van der Waals surface area contributed by atoms with E-state index >= 15 is 0 Å². The summed E-state index contributed by atoms with van der Waals surface area (Å²) in [5.41, 5.74) is 2.07. The summed E-state index contributed by atoms with van der Waals surface area (Å²) in [7, 11) is 0. The molecule has 0 saturated heterocycles. The number of benzene rings is 2. The molecule has 0 saturated carbocycles. The topological polar surface area (TPSA) is 58.3 Å². The van der Waals surface area contributed by atoms with Crippen molar-refractivity contribution in [2.75, 3.05) is 0 Å². The third-order valence-corrected chi connectivity index (χ3v) is 3.56. The summed E-state index contributed by atoms with van der Waals surface area (Å²) < 4.78 is 1.92. The van der Waals surface area contributed by atoms with Crippen molar-refractivity contribution >= 4 is 22.6 Å². The minimum atomic E-state index is 0.0731. The van der Waals surface area contributed by atoms with E-state index < -0.39 is 0 Å². The lowest BCUT2D eigenvalue weighted by atomic mass is 10.1. The molecule has 0 amide bonds. The van der Waals surface area contributed by atoms with E-state index in [9.17, 15) is 10.2 Å². The summed E-state index contributed by atoms with van der Waals surface area (Å²) in [6, 6.07) is 9.90. The molecule has 2 N–H and O–H groups in total. The van der Waals surface area contributed by atoms with Crippen molar-refractivity contribution in [2.45, 2.75) is 13.5 Å². The Morgan fingerprint density at radius 2 is 2.00 bits per heavy atom. The fourth-order valence-corrected chi connectivity index (χ4v) is 2.63. The number of para-hydroxylation sites is 1. The molecule has 3 rings (SSSR count). The zero-order valence-corrected chi connectivity index (χ0v) is 11.6. The number of aryl methyl sites for hydroxylation is 1. The number of nitrogens with zero attached hydrogens (tertiary/aromatic N) is 2. The van der Waals surface area contributed by atoms with Gasteiger partial charge in [-0.1, -0.05) is 17.7 Å². The first-order valence-electron chi connectivity index (χ1n) is 6.29. The molecule has 2 aromatic carbocycles. The number of aromatic nitrogens is 2. The quantitative estimate of drug-likeness (QED) is 0.705. The fourth-order valence-electron chi connectivity index (χ4n) is 2.36. The third kappa shape index (κ3) is 1.89. The molecule has 0 aliphatic heterocycles. The van der Waals surface area contributed by atoms with Crippen LogP contribution in [0.1, 0.15) is 6.92 Å². The molecule has 0 fully saturated rings. The van der Waals surface area contributed by atoms with Crippen LogP contribution >= 0.6 is 11.6 Å². The summed E-state index contributed by atoms with van der Waals surface area (Å²) in [5, 5.41) is 20.2. The van der Waals surface area contributed by atoms with E-state index in [1.807, 2.05) is 29.7 Å². The van der Waals surface area contributed by atoms with Gasteiger partial charge in [-0.25, -0.2) is 4.98 Å². The molecule has 5 heteroatoms. The van der Waals surface area contributed by atoms with Gasteiger partial charge in [-0.2, -0.15) is 0 Å². The molecule has 0 aliphatic carbocycles.